The average Bonchev–Trinajstić information content (AvgIpc) is 3.11. The van der Waals surface area contributed by atoms with E-state index in [4.69, 9.17) is 4.74 Å². The molecule has 0 radical (unpaired) electrons. The van der Waals surface area contributed by atoms with Crippen LogP contribution in [-0.2, 0) is 4.74 Å². The van der Waals surface area contributed by atoms with Crippen molar-refractivity contribution in [3.63, 3.8) is 0 Å². The standard InChI is InChI=1S/C15H18N4O3S/c20-19(21)12-3-4-15(16-10-12)17-11-13(14-2-1-9-23-14)18-5-7-22-8-6-18/h1-4,9-10,13H,5-8,11H2,(H,16,17)/t13-/m1/s1. The summed E-state index contributed by atoms with van der Waals surface area (Å²) in [7, 11) is 0. The number of nitro groups is 1. The van der Waals surface area contributed by atoms with Crippen LogP contribution in [0.4, 0.5) is 11.5 Å². The van der Waals surface area contributed by atoms with Crippen LogP contribution in [0.2, 0.25) is 0 Å². The third-order valence-electron chi connectivity index (χ3n) is 3.79. The number of hydrogen-bond acceptors (Lipinski definition) is 7. The Bertz CT molecular complexity index is 627. The van der Waals surface area contributed by atoms with E-state index in [0.717, 1.165) is 26.3 Å². The molecule has 0 spiro atoms. The lowest BCUT2D eigenvalue weighted by atomic mass is 10.2. The summed E-state index contributed by atoms with van der Waals surface area (Å²) in [5.41, 5.74) is -0.00136. The number of anilines is 1. The van der Waals surface area contributed by atoms with E-state index in [0.29, 0.717) is 12.4 Å². The first kappa shape index (κ1) is 15.9. The van der Waals surface area contributed by atoms with E-state index in [-0.39, 0.29) is 11.7 Å². The summed E-state index contributed by atoms with van der Waals surface area (Å²) in [6, 6.07) is 7.54. The maximum atomic E-state index is 10.7. The number of pyridine rings is 1. The molecule has 0 aliphatic carbocycles. The average molecular weight is 334 g/mol. The van der Waals surface area contributed by atoms with Crippen molar-refractivity contribution in [2.75, 3.05) is 38.2 Å². The van der Waals surface area contributed by atoms with E-state index in [1.165, 1.54) is 17.1 Å². The SMILES string of the molecule is O=[N+]([O-])c1ccc(NC[C@H](c2cccs2)N2CCOCC2)nc1. The second-order valence-corrected chi connectivity index (χ2v) is 6.20. The fourth-order valence-electron chi connectivity index (χ4n) is 2.58. The van der Waals surface area contributed by atoms with Gasteiger partial charge in [0.2, 0.25) is 0 Å². The van der Waals surface area contributed by atoms with Crippen LogP contribution in [0.5, 0.6) is 0 Å². The smallest absolute Gasteiger partial charge is 0.287 e. The highest BCUT2D eigenvalue weighted by Crippen LogP contribution is 2.26. The molecule has 0 amide bonds. The zero-order valence-corrected chi connectivity index (χ0v) is 13.4. The third-order valence-corrected chi connectivity index (χ3v) is 4.77. The Morgan fingerprint density at radius 2 is 2.22 bits per heavy atom. The number of rotatable bonds is 6. The molecule has 1 saturated heterocycles. The molecule has 0 saturated carbocycles. The van der Waals surface area contributed by atoms with Crippen molar-refractivity contribution >= 4 is 22.8 Å². The van der Waals surface area contributed by atoms with Gasteiger partial charge in [0.1, 0.15) is 12.0 Å². The molecule has 3 heterocycles. The van der Waals surface area contributed by atoms with E-state index < -0.39 is 4.92 Å². The molecular weight excluding hydrogens is 316 g/mol. The Labute approximate surface area is 138 Å². The van der Waals surface area contributed by atoms with Crippen molar-refractivity contribution in [1.82, 2.24) is 9.88 Å². The first-order valence-corrected chi connectivity index (χ1v) is 8.31. The van der Waals surface area contributed by atoms with Crippen molar-refractivity contribution in [3.8, 4) is 0 Å². The van der Waals surface area contributed by atoms with Gasteiger partial charge in [-0.1, -0.05) is 6.07 Å². The lowest BCUT2D eigenvalue weighted by molar-refractivity contribution is -0.385. The predicted octanol–water partition coefficient (Wildman–Crippen LogP) is 2.54. The minimum absolute atomic E-state index is 0.00136. The molecular formula is C15H18N4O3S. The van der Waals surface area contributed by atoms with E-state index in [9.17, 15) is 10.1 Å². The molecule has 1 atom stereocenters. The number of thiophene rings is 1. The largest absolute Gasteiger partial charge is 0.379 e. The number of morpholine rings is 1. The van der Waals surface area contributed by atoms with Crippen LogP contribution >= 0.6 is 11.3 Å². The number of nitrogens with one attached hydrogen (secondary N) is 1. The van der Waals surface area contributed by atoms with Gasteiger partial charge in [-0.05, 0) is 17.5 Å². The molecule has 1 fully saturated rings. The van der Waals surface area contributed by atoms with Gasteiger partial charge in [0.15, 0.2) is 0 Å². The second-order valence-electron chi connectivity index (χ2n) is 5.22. The Morgan fingerprint density at radius 3 is 2.83 bits per heavy atom. The van der Waals surface area contributed by atoms with Gasteiger partial charge in [0.05, 0.1) is 24.2 Å². The molecule has 1 aliphatic rings. The summed E-state index contributed by atoms with van der Waals surface area (Å²) in [5.74, 6) is 0.644. The van der Waals surface area contributed by atoms with E-state index in [1.807, 2.05) is 0 Å². The van der Waals surface area contributed by atoms with Crippen LogP contribution in [0.25, 0.3) is 0 Å². The molecule has 23 heavy (non-hydrogen) atoms. The van der Waals surface area contributed by atoms with Crippen molar-refractivity contribution < 1.29 is 9.66 Å². The minimum Gasteiger partial charge on any atom is -0.379 e. The molecule has 1 N–H and O–H groups in total. The predicted molar refractivity (Wildman–Crippen MR) is 88.8 cm³/mol. The van der Waals surface area contributed by atoms with Crippen LogP contribution in [-0.4, -0.2) is 47.7 Å². The Morgan fingerprint density at radius 1 is 1.39 bits per heavy atom. The molecule has 8 heteroatoms. The molecule has 2 aromatic heterocycles. The molecule has 3 rings (SSSR count). The quantitative estimate of drug-likeness (QED) is 0.646. The van der Waals surface area contributed by atoms with Crippen LogP contribution in [0.15, 0.2) is 35.8 Å². The molecule has 2 aromatic rings. The Balaban J connectivity index is 1.67. The molecule has 0 bridgehead atoms. The van der Waals surface area contributed by atoms with E-state index in [1.54, 1.807) is 17.4 Å². The van der Waals surface area contributed by atoms with Gasteiger partial charge < -0.3 is 10.1 Å². The summed E-state index contributed by atoms with van der Waals surface area (Å²) in [6.07, 6.45) is 1.28. The van der Waals surface area contributed by atoms with Crippen LogP contribution < -0.4 is 5.32 Å². The van der Waals surface area contributed by atoms with Gasteiger partial charge in [-0.3, -0.25) is 15.0 Å². The second kappa shape index (κ2) is 7.49. The van der Waals surface area contributed by atoms with Gasteiger partial charge in [-0.25, -0.2) is 4.98 Å². The number of ether oxygens (including phenoxy) is 1. The third kappa shape index (κ3) is 4.04. The summed E-state index contributed by atoms with van der Waals surface area (Å²) < 4.78 is 5.43. The van der Waals surface area contributed by atoms with Gasteiger partial charge in [0, 0.05) is 30.6 Å². The van der Waals surface area contributed by atoms with E-state index in [2.05, 4.69) is 32.7 Å². The van der Waals surface area contributed by atoms with Crippen molar-refractivity contribution in [2.24, 2.45) is 0 Å². The Hall–Kier alpha value is -2.03. The van der Waals surface area contributed by atoms with Crippen LogP contribution in [0, 0.1) is 10.1 Å². The fraction of sp³-hybridized carbons (Fsp3) is 0.400. The summed E-state index contributed by atoms with van der Waals surface area (Å²) in [5, 5.41) is 16.0. The van der Waals surface area contributed by atoms with Crippen molar-refractivity contribution in [3.05, 3.63) is 50.8 Å². The van der Waals surface area contributed by atoms with Crippen LogP contribution in [0.3, 0.4) is 0 Å². The molecule has 7 nitrogen and oxygen atoms in total. The molecule has 1 aliphatic heterocycles. The minimum atomic E-state index is -0.445. The summed E-state index contributed by atoms with van der Waals surface area (Å²) in [4.78, 5) is 18.0. The lowest BCUT2D eigenvalue weighted by Gasteiger charge is -2.34. The topological polar surface area (TPSA) is 80.5 Å². The first-order valence-electron chi connectivity index (χ1n) is 7.43. The first-order chi connectivity index (χ1) is 11.2. The normalized spacial score (nSPS) is 16.9. The number of nitrogens with zero attached hydrogens (tertiary/aromatic N) is 3. The highest BCUT2D eigenvalue weighted by atomic mass is 32.1. The fourth-order valence-corrected chi connectivity index (χ4v) is 3.44. The summed E-state index contributed by atoms with van der Waals surface area (Å²) >= 11 is 1.73. The maximum Gasteiger partial charge on any atom is 0.287 e. The van der Waals surface area contributed by atoms with Crippen LogP contribution in [0.1, 0.15) is 10.9 Å². The van der Waals surface area contributed by atoms with Crippen molar-refractivity contribution in [2.45, 2.75) is 6.04 Å². The lowest BCUT2D eigenvalue weighted by Crippen LogP contribution is -2.41. The summed E-state index contributed by atoms with van der Waals surface area (Å²) in [6.45, 7) is 4.00. The highest BCUT2D eigenvalue weighted by Gasteiger charge is 2.23. The zero-order chi connectivity index (χ0) is 16.1. The van der Waals surface area contributed by atoms with Gasteiger partial charge in [-0.15, -0.1) is 11.3 Å². The highest BCUT2D eigenvalue weighted by molar-refractivity contribution is 7.10. The van der Waals surface area contributed by atoms with Crippen molar-refractivity contribution in [1.29, 1.82) is 0 Å². The molecule has 122 valence electrons. The zero-order valence-electron chi connectivity index (χ0n) is 12.6. The monoisotopic (exact) mass is 334 g/mol. The van der Waals surface area contributed by atoms with Gasteiger partial charge in [-0.2, -0.15) is 0 Å². The molecule has 0 unspecified atom stereocenters. The number of aromatic nitrogens is 1. The van der Waals surface area contributed by atoms with Gasteiger partial charge >= 0.3 is 0 Å². The van der Waals surface area contributed by atoms with Gasteiger partial charge in [0.25, 0.3) is 5.69 Å². The Kier molecular flexibility index (Phi) is 5.16. The number of hydrogen-bond donors (Lipinski definition) is 1. The molecule has 0 aromatic carbocycles. The maximum absolute atomic E-state index is 10.7. The van der Waals surface area contributed by atoms with E-state index >= 15 is 0 Å².